The van der Waals surface area contributed by atoms with Gasteiger partial charge in [-0.3, -0.25) is 4.79 Å². The molecule has 4 nitrogen and oxygen atoms in total. The van der Waals surface area contributed by atoms with E-state index < -0.39 is 5.97 Å². The summed E-state index contributed by atoms with van der Waals surface area (Å²) in [6.45, 7) is 1.55. The van der Waals surface area contributed by atoms with Crippen LogP contribution in [0.2, 0.25) is 0 Å². The molecule has 0 amide bonds. The molecule has 0 spiro atoms. The van der Waals surface area contributed by atoms with E-state index in [9.17, 15) is 9.59 Å². The van der Waals surface area contributed by atoms with Gasteiger partial charge in [0.25, 0.3) is 0 Å². The highest BCUT2D eigenvalue weighted by Gasteiger charge is 2.05. The number of hydrogen-bond donors (Lipinski definition) is 1. The molecule has 80 valence electrons. The van der Waals surface area contributed by atoms with Gasteiger partial charge in [0.15, 0.2) is 6.61 Å². The van der Waals surface area contributed by atoms with E-state index in [1.54, 1.807) is 18.2 Å². The fourth-order valence-electron chi connectivity index (χ4n) is 1.23. The molecule has 0 heterocycles. The number of ether oxygens (including phenoxy) is 1. The van der Waals surface area contributed by atoms with Gasteiger partial charge in [-0.05, 0) is 30.2 Å². The Morgan fingerprint density at radius 2 is 2.27 bits per heavy atom. The molecule has 1 N–H and O–H groups in total. The lowest BCUT2D eigenvalue weighted by Crippen LogP contribution is -2.10. The van der Waals surface area contributed by atoms with Crippen LogP contribution in [-0.4, -0.2) is 24.0 Å². The summed E-state index contributed by atoms with van der Waals surface area (Å²) in [5.41, 5.74) is 1.40. The molecule has 1 rings (SSSR count). The fraction of sp³-hybridized carbons (Fsp3) is 0.273. The molecule has 0 bridgehead atoms. The van der Waals surface area contributed by atoms with Crippen molar-refractivity contribution in [1.82, 2.24) is 0 Å². The molecule has 0 saturated carbocycles. The van der Waals surface area contributed by atoms with Crippen molar-refractivity contribution in [2.24, 2.45) is 0 Å². The Morgan fingerprint density at radius 3 is 2.80 bits per heavy atom. The number of rotatable bonds is 5. The molecule has 1 aromatic rings. The number of benzene rings is 1. The van der Waals surface area contributed by atoms with Crippen molar-refractivity contribution in [3.63, 3.8) is 0 Å². The fourth-order valence-corrected chi connectivity index (χ4v) is 1.23. The second-order valence-electron chi connectivity index (χ2n) is 3.02. The van der Waals surface area contributed by atoms with Gasteiger partial charge in [0.2, 0.25) is 0 Å². The minimum atomic E-state index is -1.02. The summed E-state index contributed by atoms with van der Waals surface area (Å²) >= 11 is 0. The highest BCUT2D eigenvalue weighted by atomic mass is 16.5. The summed E-state index contributed by atoms with van der Waals surface area (Å²) in [4.78, 5) is 20.8. The van der Waals surface area contributed by atoms with Gasteiger partial charge < -0.3 is 9.84 Å². The quantitative estimate of drug-likeness (QED) is 0.745. The summed E-state index contributed by atoms with van der Waals surface area (Å²) in [7, 11) is 0. The van der Waals surface area contributed by atoms with Crippen molar-refractivity contribution in [1.29, 1.82) is 0 Å². The Morgan fingerprint density at radius 1 is 1.53 bits per heavy atom. The first-order chi connectivity index (χ1) is 7.17. The van der Waals surface area contributed by atoms with E-state index in [1.807, 2.05) is 6.92 Å². The average molecular weight is 208 g/mol. The molecular weight excluding hydrogens is 196 g/mol. The number of carbonyl (C=O) groups excluding carboxylic acids is 1. The van der Waals surface area contributed by atoms with Crippen molar-refractivity contribution < 1.29 is 19.4 Å². The Balaban J connectivity index is 2.87. The third-order valence-corrected chi connectivity index (χ3v) is 1.95. The van der Waals surface area contributed by atoms with Crippen LogP contribution in [0.3, 0.4) is 0 Å². The lowest BCUT2D eigenvalue weighted by molar-refractivity contribution is -0.139. The lowest BCUT2D eigenvalue weighted by atomic mass is 10.1. The maximum absolute atomic E-state index is 10.5. The van der Waals surface area contributed by atoms with E-state index in [-0.39, 0.29) is 6.61 Å². The van der Waals surface area contributed by atoms with Gasteiger partial charge in [-0.1, -0.05) is 6.92 Å². The van der Waals surface area contributed by atoms with Crippen LogP contribution in [0.4, 0.5) is 0 Å². The van der Waals surface area contributed by atoms with Crippen molar-refractivity contribution in [3.05, 3.63) is 29.3 Å². The topological polar surface area (TPSA) is 63.6 Å². The molecule has 0 atom stereocenters. The van der Waals surface area contributed by atoms with Crippen LogP contribution >= 0.6 is 0 Å². The van der Waals surface area contributed by atoms with Crippen molar-refractivity contribution in [2.45, 2.75) is 13.3 Å². The summed E-state index contributed by atoms with van der Waals surface area (Å²) in [6, 6.07) is 4.92. The molecule has 4 heteroatoms. The Hall–Kier alpha value is -1.84. The first kappa shape index (κ1) is 11.2. The van der Waals surface area contributed by atoms with E-state index in [4.69, 9.17) is 9.84 Å². The molecule has 0 saturated heterocycles. The SMILES string of the molecule is CCc1cc(C=O)ccc1OCC(=O)O. The van der Waals surface area contributed by atoms with Crippen LogP contribution in [0.15, 0.2) is 18.2 Å². The number of carboxylic acid groups (broad SMARTS) is 1. The lowest BCUT2D eigenvalue weighted by Gasteiger charge is -2.08. The number of hydrogen-bond acceptors (Lipinski definition) is 3. The first-order valence-corrected chi connectivity index (χ1v) is 4.60. The van der Waals surface area contributed by atoms with Crippen LogP contribution < -0.4 is 4.74 Å². The smallest absolute Gasteiger partial charge is 0.341 e. The first-order valence-electron chi connectivity index (χ1n) is 4.60. The molecule has 0 fully saturated rings. The Bertz CT molecular complexity index is 371. The van der Waals surface area contributed by atoms with E-state index in [0.29, 0.717) is 17.7 Å². The van der Waals surface area contributed by atoms with Gasteiger partial charge in [-0.25, -0.2) is 4.79 Å². The molecule has 0 radical (unpaired) electrons. The molecule has 15 heavy (non-hydrogen) atoms. The van der Waals surface area contributed by atoms with Gasteiger partial charge in [0.05, 0.1) is 0 Å². The molecule has 0 aliphatic carbocycles. The number of aliphatic carboxylic acids is 1. The maximum Gasteiger partial charge on any atom is 0.341 e. The predicted molar refractivity (Wildman–Crippen MR) is 54.3 cm³/mol. The summed E-state index contributed by atoms with van der Waals surface area (Å²) in [5.74, 6) is -0.498. The van der Waals surface area contributed by atoms with Gasteiger partial charge in [0.1, 0.15) is 12.0 Å². The molecule has 0 unspecified atom stereocenters. The number of aryl methyl sites for hydroxylation is 1. The third-order valence-electron chi connectivity index (χ3n) is 1.95. The molecule has 0 aliphatic heterocycles. The predicted octanol–water partition coefficient (Wildman–Crippen LogP) is 1.52. The van der Waals surface area contributed by atoms with Crippen LogP contribution in [0, 0.1) is 0 Å². The minimum absolute atomic E-state index is 0.368. The highest BCUT2D eigenvalue weighted by molar-refractivity contribution is 5.75. The maximum atomic E-state index is 10.5. The Kier molecular flexibility index (Phi) is 3.85. The van der Waals surface area contributed by atoms with Crippen LogP contribution in [0.1, 0.15) is 22.8 Å². The number of carbonyl (C=O) groups is 2. The van der Waals surface area contributed by atoms with E-state index in [2.05, 4.69) is 0 Å². The van der Waals surface area contributed by atoms with Crippen LogP contribution in [0.25, 0.3) is 0 Å². The Labute approximate surface area is 87.5 Å². The highest BCUT2D eigenvalue weighted by Crippen LogP contribution is 2.20. The standard InChI is InChI=1S/C11H12O4/c1-2-9-5-8(6-12)3-4-10(9)15-7-11(13)14/h3-6H,2,7H2,1H3,(H,13,14). The number of aldehydes is 1. The summed E-state index contributed by atoms with van der Waals surface area (Å²) in [5, 5.41) is 8.46. The monoisotopic (exact) mass is 208 g/mol. The van der Waals surface area contributed by atoms with Crippen molar-refractivity contribution in [3.8, 4) is 5.75 Å². The summed E-state index contributed by atoms with van der Waals surface area (Å²) < 4.78 is 5.07. The minimum Gasteiger partial charge on any atom is -0.482 e. The zero-order valence-electron chi connectivity index (χ0n) is 8.40. The van der Waals surface area contributed by atoms with Crippen molar-refractivity contribution in [2.75, 3.05) is 6.61 Å². The number of carboxylic acids is 1. The van der Waals surface area contributed by atoms with Crippen molar-refractivity contribution >= 4 is 12.3 Å². The average Bonchev–Trinajstić information content (AvgIpc) is 2.25. The van der Waals surface area contributed by atoms with Crippen LogP contribution in [-0.2, 0) is 11.2 Å². The third kappa shape index (κ3) is 3.09. The van der Waals surface area contributed by atoms with E-state index in [1.165, 1.54) is 0 Å². The second kappa shape index (κ2) is 5.14. The second-order valence-corrected chi connectivity index (χ2v) is 3.02. The molecular formula is C11H12O4. The molecule has 1 aromatic carbocycles. The zero-order chi connectivity index (χ0) is 11.3. The molecule has 0 aromatic heterocycles. The van der Waals surface area contributed by atoms with Gasteiger partial charge >= 0.3 is 5.97 Å². The van der Waals surface area contributed by atoms with E-state index >= 15 is 0 Å². The van der Waals surface area contributed by atoms with Gasteiger partial charge in [-0.2, -0.15) is 0 Å². The summed E-state index contributed by atoms with van der Waals surface area (Å²) in [6.07, 6.45) is 1.44. The molecule has 0 aliphatic rings. The van der Waals surface area contributed by atoms with Crippen LogP contribution in [0.5, 0.6) is 5.75 Å². The van der Waals surface area contributed by atoms with Gasteiger partial charge in [0, 0.05) is 5.56 Å². The normalized spacial score (nSPS) is 9.67. The van der Waals surface area contributed by atoms with Gasteiger partial charge in [-0.15, -0.1) is 0 Å². The van der Waals surface area contributed by atoms with E-state index in [0.717, 1.165) is 11.8 Å². The zero-order valence-corrected chi connectivity index (χ0v) is 8.40. The largest absolute Gasteiger partial charge is 0.482 e.